The molecule has 0 unspecified atom stereocenters. The molecule has 4 heteroatoms. The van der Waals surface area contributed by atoms with Gasteiger partial charge in [-0.2, -0.15) is 0 Å². The molecular weight excluding hydrogens is 400 g/mol. The Morgan fingerprint density at radius 1 is 1.00 bits per heavy atom. The average molecular weight is 443 g/mol. The molecule has 178 valence electrons. The Morgan fingerprint density at radius 3 is 2.31 bits per heavy atom. The molecule has 0 heterocycles. The van der Waals surface area contributed by atoms with Crippen LogP contribution in [0.1, 0.15) is 92.9 Å². The van der Waals surface area contributed by atoms with Crippen LogP contribution < -0.4 is 0 Å². The Bertz CT molecular complexity index is 873. The van der Waals surface area contributed by atoms with E-state index in [9.17, 15) is 14.7 Å². The minimum absolute atomic E-state index is 0.0603. The normalized spacial score (nSPS) is 51.0. The van der Waals surface area contributed by atoms with Gasteiger partial charge >= 0.3 is 5.97 Å². The Morgan fingerprint density at radius 2 is 1.69 bits per heavy atom. The first-order valence-electron chi connectivity index (χ1n) is 12.9. The molecule has 4 fully saturated rings. The van der Waals surface area contributed by atoms with Crippen LogP contribution in [0.15, 0.2) is 11.6 Å². The molecule has 5 aliphatic rings. The second-order valence-electron chi connectivity index (χ2n) is 13.2. The number of fused-ring (bicyclic) bond motifs is 4. The summed E-state index contributed by atoms with van der Waals surface area (Å²) in [6.45, 7) is 13.1. The second kappa shape index (κ2) is 6.93. The number of aliphatic hydroxyl groups is 1. The van der Waals surface area contributed by atoms with Crippen molar-refractivity contribution in [2.75, 3.05) is 0 Å². The number of aliphatic hydroxyl groups excluding tert-OH is 1. The minimum atomic E-state index is -0.508. The number of allylic oxidation sites excluding steroid dienone is 1. The number of rotatable bonds is 2. The van der Waals surface area contributed by atoms with Gasteiger partial charge in [0, 0.05) is 18.3 Å². The number of ether oxygens (including phenoxy) is 1. The fraction of sp³-hybridized carbons (Fsp3) is 0.857. The van der Waals surface area contributed by atoms with Crippen LogP contribution >= 0.6 is 0 Å². The first-order valence-corrected chi connectivity index (χ1v) is 12.9. The van der Waals surface area contributed by atoms with Gasteiger partial charge in [0.1, 0.15) is 6.10 Å². The fourth-order valence-electron chi connectivity index (χ4n) is 10.5. The molecule has 5 rings (SSSR count). The van der Waals surface area contributed by atoms with Crippen LogP contribution in [-0.2, 0) is 14.3 Å². The number of esters is 1. The van der Waals surface area contributed by atoms with E-state index in [-0.39, 0.29) is 40.0 Å². The van der Waals surface area contributed by atoms with Crippen molar-refractivity contribution in [2.24, 2.45) is 45.3 Å². The smallest absolute Gasteiger partial charge is 0.302 e. The third-order valence-corrected chi connectivity index (χ3v) is 11.5. The number of hydrogen-bond acceptors (Lipinski definition) is 4. The average Bonchev–Trinajstić information content (AvgIpc) is 2.66. The maximum Gasteiger partial charge on any atom is 0.302 e. The van der Waals surface area contributed by atoms with Crippen molar-refractivity contribution in [2.45, 2.75) is 105 Å². The Hall–Kier alpha value is -1.16. The molecule has 4 nitrogen and oxygen atoms in total. The van der Waals surface area contributed by atoms with E-state index in [0.29, 0.717) is 29.6 Å². The van der Waals surface area contributed by atoms with E-state index in [1.807, 2.05) is 0 Å². The highest BCUT2D eigenvalue weighted by molar-refractivity contribution is 5.94. The van der Waals surface area contributed by atoms with Gasteiger partial charge in [0.05, 0.1) is 6.10 Å². The zero-order valence-electron chi connectivity index (χ0n) is 20.9. The second-order valence-corrected chi connectivity index (χ2v) is 13.2. The van der Waals surface area contributed by atoms with Crippen LogP contribution in [-0.4, -0.2) is 29.1 Å². The van der Waals surface area contributed by atoms with E-state index in [1.54, 1.807) is 6.92 Å². The summed E-state index contributed by atoms with van der Waals surface area (Å²) in [5, 5.41) is 10.9. The maximum absolute atomic E-state index is 12.5. The van der Waals surface area contributed by atoms with Crippen LogP contribution in [0, 0.1) is 45.3 Å². The van der Waals surface area contributed by atoms with Gasteiger partial charge in [-0.15, -0.1) is 0 Å². The van der Waals surface area contributed by atoms with Gasteiger partial charge in [0.15, 0.2) is 5.78 Å². The summed E-state index contributed by atoms with van der Waals surface area (Å²) >= 11 is 0. The molecule has 0 aromatic carbocycles. The van der Waals surface area contributed by atoms with Crippen LogP contribution in [0.3, 0.4) is 0 Å². The molecule has 4 saturated carbocycles. The van der Waals surface area contributed by atoms with E-state index < -0.39 is 6.10 Å². The topological polar surface area (TPSA) is 63.6 Å². The summed E-state index contributed by atoms with van der Waals surface area (Å²) in [5.74, 6) is 1.19. The van der Waals surface area contributed by atoms with E-state index in [0.717, 1.165) is 18.4 Å². The Balaban J connectivity index is 1.63. The van der Waals surface area contributed by atoms with Crippen LogP contribution in [0.5, 0.6) is 0 Å². The molecule has 0 aromatic rings. The highest BCUT2D eigenvalue weighted by Gasteiger charge is 2.74. The fourth-order valence-corrected chi connectivity index (χ4v) is 10.5. The molecule has 1 N–H and O–H groups in total. The van der Waals surface area contributed by atoms with E-state index in [2.05, 4.69) is 33.8 Å². The summed E-state index contributed by atoms with van der Waals surface area (Å²) in [7, 11) is 0. The first kappa shape index (κ1) is 22.6. The number of hydrogen-bond donors (Lipinski definition) is 1. The molecule has 0 saturated heterocycles. The number of Topliss-reactive ketones (excluding diaryl/α,β-unsaturated/α-hetero) is 1. The van der Waals surface area contributed by atoms with Gasteiger partial charge in [0.25, 0.3) is 0 Å². The lowest BCUT2D eigenvalue weighted by Crippen LogP contribution is -2.73. The van der Waals surface area contributed by atoms with E-state index in [1.165, 1.54) is 39.0 Å². The first-order chi connectivity index (χ1) is 14.9. The zero-order chi connectivity index (χ0) is 23.3. The standard InChI is InChI=1S/C28H42O4/c1-16(29)18-8-9-21-27(6)13-10-20-25(3,4)11-7-12-26(20,5)22(27)14-23(32-17(2)30)28(21)15-19(31)24(18)28/h8,19-24,31H,7,9-15H2,1-6H3/t19-,20+,21-,22-,23-,24+,26-,27-,28+/m0/s1. The summed E-state index contributed by atoms with van der Waals surface area (Å²) in [5.41, 5.74) is 1.23. The molecule has 0 amide bonds. The molecule has 1 spiro atoms. The number of carbonyl (C=O) groups excluding carboxylic acids is 2. The summed E-state index contributed by atoms with van der Waals surface area (Å²) in [4.78, 5) is 24.8. The minimum Gasteiger partial charge on any atom is -0.462 e. The van der Waals surface area contributed by atoms with E-state index >= 15 is 0 Å². The predicted octanol–water partition coefficient (Wildman–Crippen LogP) is 5.47. The van der Waals surface area contributed by atoms with E-state index in [4.69, 9.17) is 4.74 Å². The van der Waals surface area contributed by atoms with Crippen molar-refractivity contribution in [3.63, 3.8) is 0 Å². The van der Waals surface area contributed by atoms with Crippen LogP contribution in [0.4, 0.5) is 0 Å². The molecular formula is C28H42O4. The lowest BCUT2D eigenvalue weighted by molar-refractivity contribution is -0.287. The van der Waals surface area contributed by atoms with Crippen molar-refractivity contribution in [1.29, 1.82) is 0 Å². The summed E-state index contributed by atoms with van der Waals surface area (Å²) in [6.07, 6.45) is 10.1. The highest BCUT2D eigenvalue weighted by atomic mass is 16.5. The van der Waals surface area contributed by atoms with Crippen molar-refractivity contribution < 1.29 is 19.4 Å². The summed E-state index contributed by atoms with van der Waals surface area (Å²) < 4.78 is 6.14. The summed E-state index contributed by atoms with van der Waals surface area (Å²) in [6, 6.07) is 0. The molecule has 0 aromatic heterocycles. The SMILES string of the molecule is CC(=O)O[C@H]1C[C@H]2[C@@]3(C)CCCC(C)(C)[C@H]3CC[C@@]2(C)[C@@H]2CC=C(C(C)=O)[C@@H]3[C@@H](O)C[C@@]132. The third kappa shape index (κ3) is 2.71. The predicted molar refractivity (Wildman–Crippen MR) is 124 cm³/mol. The Labute approximate surface area is 193 Å². The van der Waals surface area contributed by atoms with Gasteiger partial charge in [-0.25, -0.2) is 0 Å². The molecule has 5 aliphatic carbocycles. The van der Waals surface area contributed by atoms with Crippen molar-refractivity contribution in [3.8, 4) is 0 Å². The quantitative estimate of drug-likeness (QED) is 0.576. The molecule has 0 aliphatic heterocycles. The van der Waals surface area contributed by atoms with Crippen molar-refractivity contribution in [3.05, 3.63) is 11.6 Å². The molecule has 32 heavy (non-hydrogen) atoms. The van der Waals surface area contributed by atoms with Gasteiger partial charge in [-0.05, 0) is 91.4 Å². The van der Waals surface area contributed by atoms with Gasteiger partial charge < -0.3 is 9.84 Å². The van der Waals surface area contributed by atoms with Gasteiger partial charge in [0.2, 0.25) is 0 Å². The monoisotopic (exact) mass is 442 g/mol. The number of ketones is 1. The largest absolute Gasteiger partial charge is 0.462 e. The van der Waals surface area contributed by atoms with Crippen LogP contribution in [0.2, 0.25) is 0 Å². The molecule has 9 atom stereocenters. The highest BCUT2D eigenvalue weighted by Crippen LogP contribution is 2.76. The zero-order valence-corrected chi connectivity index (χ0v) is 20.9. The van der Waals surface area contributed by atoms with Crippen molar-refractivity contribution in [1.82, 2.24) is 0 Å². The Kier molecular flexibility index (Phi) is 4.90. The lowest BCUT2D eigenvalue weighted by atomic mass is 9.31. The molecule has 0 bridgehead atoms. The van der Waals surface area contributed by atoms with Crippen LogP contribution in [0.25, 0.3) is 0 Å². The molecule has 0 radical (unpaired) electrons. The lowest BCUT2D eigenvalue weighted by Gasteiger charge is -2.74. The van der Waals surface area contributed by atoms with Crippen molar-refractivity contribution >= 4 is 11.8 Å². The number of carbonyl (C=O) groups is 2. The maximum atomic E-state index is 12.5. The van der Waals surface area contributed by atoms with Gasteiger partial charge in [-0.1, -0.05) is 40.2 Å². The third-order valence-electron chi connectivity index (χ3n) is 11.5. The van der Waals surface area contributed by atoms with Gasteiger partial charge in [-0.3, -0.25) is 9.59 Å².